The molecular formula is C76H100N28O25. The van der Waals surface area contributed by atoms with Crippen LogP contribution in [0.25, 0.3) is 0 Å². The van der Waals surface area contributed by atoms with Gasteiger partial charge in [0.1, 0.15) is 45.3 Å². The number of carbonyl (C=O) groups excluding carboxylic acids is 13. The monoisotopic (exact) mass is 1800 g/mol. The van der Waals surface area contributed by atoms with E-state index in [9.17, 15) is 120 Å². The highest BCUT2D eigenvalue weighted by atomic mass is 16.2. The van der Waals surface area contributed by atoms with Crippen molar-refractivity contribution >= 4 is 82.5 Å². The quantitative estimate of drug-likeness (QED) is 0.0158. The molecule has 0 spiro atoms. The minimum absolute atomic E-state index is 0.00209. The third-order valence-electron chi connectivity index (χ3n) is 19.5. The first-order chi connectivity index (χ1) is 61.0. The molecule has 0 aliphatic rings. The predicted molar refractivity (Wildman–Crippen MR) is 453 cm³/mol. The van der Waals surface area contributed by atoms with Crippen LogP contribution >= 0.6 is 0 Å². The number of H-pyrrole nitrogens is 6. The van der Waals surface area contributed by atoms with E-state index >= 15 is 0 Å². The van der Waals surface area contributed by atoms with Gasteiger partial charge in [0, 0.05) is 166 Å². The van der Waals surface area contributed by atoms with Crippen molar-refractivity contribution in [2.24, 2.45) is 17.2 Å². The smallest absolute Gasteiger partial charge is 0.328 e. The number of aryl methyl sites for hydroxylation is 6. The van der Waals surface area contributed by atoms with E-state index < -0.39 is 288 Å². The first kappa shape index (κ1) is 100. The lowest BCUT2D eigenvalue weighted by Crippen LogP contribution is -2.51. The molecule has 0 aromatic carbocycles. The standard InChI is InChI=1S/C76H100N28O25/c1-43-24-99(71(124)87-65(43)118)37-58(111)93(18-12-78)31-52(105)81-14-19-94(59(112)38-100-25-44(2)66(119)88-72(100)125)32-53(106)82-16-21-96(61(114)40-102-27-46(4)68(121)90-74(102)127)35-56(109)85-50-10-13-80-23-49(50)30-98(63(116)42-104-29-48(6)70(123)92-76(104)129)34-55(108)84-15-20-95(60(113)39-101-26-45(3)67(120)89-73(101)126)33-54(107)83-17-22-97(36-57(110)86-51(64(79)117)9-7-8-11-77)62(115)41-103-28-47(5)69(122)91-75(103)128/h10,13,23-29,51H,7-9,11-12,14-22,30-42,77-78H2,1-6H3,(H2,79,117)(H,81,105)(H,82,106)(H,83,107)(H,84,108)(H,86,110)(H,80,85,109)(H,87,118,124)(H,88,119,125)(H,89,120,126)(H,90,121,127)(H,91,122,128)(H,92,123,129). The lowest BCUT2D eigenvalue weighted by atomic mass is 10.1. The van der Waals surface area contributed by atoms with Crippen molar-refractivity contribution in [2.75, 3.05) is 117 Å². The SMILES string of the molecule is Cc1cn(CC(=O)N(CCN)CC(=O)NCCN(CC(=O)NCCN(CC(=O)Nc2ccncc2CN(CC(=O)NCCN(CC(=O)NCCN(CC(=O)NC(CCCCN)C(N)=O)C(=O)Cn2cc(C)c(=O)[nH]c2=O)C(=O)Cn2cc(C)c(=O)[nH]c2=O)C(=O)Cn2cc(C)c(=O)[nH]c2=O)C(=O)Cn2cc(C)c(=O)[nH]c2=O)C(=O)Cn2cc(C)c(=O)[nH]c2=O)c(=O)[nH]c1=O. The molecule has 7 aromatic rings. The number of nitrogens with one attached hydrogen (secondary N) is 12. The summed E-state index contributed by atoms with van der Waals surface area (Å²) in [6.45, 7) is -6.07. The number of unbranched alkanes of at least 4 members (excludes halogenated alkanes) is 1. The fourth-order valence-electron chi connectivity index (χ4n) is 12.4. The molecule has 18 N–H and O–H groups in total. The number of hydrogen-bond donors (Lipinski definition) is 15. The average Bonchev–Trinajstić information content (AvgIpc) is 0.859. The summed E-state index contributed by atoms with van der Waals surface area (Å²) in [5.41, 5.74) is 6.27. The van der Waals surface area contributed by atoms with E-state index in [1.54, 1.807) is 0 Å². The Balaban J connectivity index is 1.09. The summed E-state index contributed by atoms with van der Waals surface area (Å²) in [6, 6.07) is 0.0491. The first-order valence-corrected chi connectivity index (χ1v) is 39.8. The zero-order valence-corrected chi connectivity index (χ0v) is 71.1. The lowest BCUT2D eigenvalue weighted by Gasteiger charge is -2.26. The van der Waals surface area contributed by atoms with Crippen molar-refractivity contribution in [1.29, 1.82) is 0 Å². The van der Waals surface area contributed by atoms with Crippen LogP contribution in [-0.4, -0.2) is 286 Å². The number of pyridine rings is 1. The Morgan fingerprint density at radius 3 is 0.899 bits per heavy atom. The van der Waals surface area contributed by atoms with E-state index in [2.05, 4.69) is 66.8 Å². The second kappa shape index (κ2) is 47.4. The van der Waals surface area contributed by atoms with Gasteiger partial charge >= 0.3 is 34.1 Å². The van der Waals surface area contributed by atoms with E-state index in [1.165, 1.54) is 53.8 Å². The van der Waals surface area contributed by atoms with Crippen LogP contribution < -0.4 is 117 Å². The molecule has 7 aromatic heterocycles. The second-order valence-electron chi connectivity index (χ2n) is 29.6. The molecule has 7 rings (SSSR count). The van der Waals surface area contributed by atoms with Crippen LogP contribution in [0.4, 0.5) is 5.69 Å². The normalized spacial score (nSPS) is 11.2. The van der Waals surface area contributed by atoms with Gasteiger partial charge in [0.05, 0.1) is 39.3 Å². The molecule has 1 unspecified atom stereocenters. The summed E-state index contributed by atoms with van der Waals surface area (Å²) in [4.78, 5) is 353. The van der Waals surface area contributed by atoms with Gasteiger partial charge in [-0.05, 0) is 73.4 Å². The topological polar surface area (TPSA) is 734 Å². The lowest BCUT2D eigenvalue weighted by molar-refractivity contribution is -0.138. The minimum Gasteiger partial charge on any atom is -0.368 e. The summed E-state index contributed by atoms with van der Waals surface area (Å²) in [6.07, 6.45) is 9.80. The molecule has 0 aliphatic carbocycles. The molecule has 13 amide bonds. The van der Waals surface area contributed by atoms with Crippen molar-refractivity contribution in [2.45, 2.75) is 113 Å². The van der Waals surface area contributed by atoms with Gasteiger partial charge in [-0.1, -0.05) is 0 Å². The molecule has 1 atom stereocenters. The van der Waals surface area contributed by atoms with Crippen molar-refractivity contribution < 1.29 is 62.3 Å². The Labute approximate surface area is 726 Å². The Kier molecular flexibility index (Phi) is 36.9. The van der Waals surface area contributed by atoms with Crippen LogP contribution in [-0.2, 0) is 108 Å². The Morgan fingerprint density at radius 2 is 0.620 bits per heavy atom. The van der Waals surface area contributed by atoms with E-state index in [1.807, 2.05) is 0 Å². The number of rotatable bonds is 47. The van der Waals surface area contributed by atoms with Crippen LogP contribution in [0.5, 0.6) is 0 Å². The van der Waals surface area contributed by atoms with Crippen LogP contribution in [0.15, 0.2) is 113 Å². The van der Waals surface area contributed by atoms with Gasteiger partial charge in [-0.15, -0.1) is 0 Å². The summed E-state index contributed by atoms with van der Waals surface area (Å²) < 4.78 is 5.06. The number of hydrogen-bond acceptors (Lipinski definition) is 28. The molecule has 0 saturated carbocycles. The summed E-state index contributed by atoms with van der Waals surface area (Å²) in [5, 5.41) is 15.1. The maximum Gasteiger partial charge on any atom is 0.328 e. The number of nitrogens with two attached hydrogens (primary N) is 3. The average molecular weight is 1810 g/mol. The molecule has 7 heterocycles. The van der Waals surface area contributed by atoms with Gasteiger partial charge in [-0.25, -0.2) is 28.8 Å². The number of anilines is 1. The zero-order valence-electron chi connectivity index (χ0n) is 71.1. The van der Waals surface area contributed by atoms with Gasteiger partial charge in [-0.3, -0.25) is 153 Å². The number of amides is 13. The first-order valence-electron chi connectivity index (χ1n) is 39.8. The number of aromatic amines is 6. The highest BCUT2D eigenvalue weighted by Crippen LogP contribution is 2.18. The van der Waals surface area contributed by atoms with Crippen molar-refractivity contribution in [3.63, 3.8) is 0 Å². The molecule has 0 aliphatic heterocycles. The number of aromatic nitrogens is 13. The molecule has 0 saturated heterocycles. The van der Waals surface area contributed by atoms with Crippen molar-refractivity contribution in [1.82, 2.24) is 118 Å². The predicted octanol–water partition coefficient (Wildman–Crippen LogP) is -12.8. The Morgan fingerprint density at radius 1 is 0.357 bits per heavy atom. The third kappa shape index (κ3) is 30.6. The minimum atomic E-state index is -1.19. The maximum atomic E-state index is 14.6. The van der Waals surface area contributed by atoms with Gasteiger partial charge in [-0.2, -0.15) is 0 Å². The fourth-order valence-corrected chi connectivity index (χ4v) is 12.4. The molecule has 129 heavy (non-hydrogen) atoms. The molecular weight excluding hydrogens is 1710 g/mol. The van der Waals surface area contributed by atoms with Crippen LogP contribution in [0, 0.1) is 41.5 Å². The highest BCUT2D eigenvalue weighted by Gasteiger charge is 2.29. The van der Waals surface area contributed by atoms with Gasteiger partial charge in [0.15, 0.2) is 0 Å². The summed E-state index contributed by atoms with van der Waals surface area (Å²) >= 11 is 0. The van der Waals surface area contributed by atoms with Crippen LogP contribution in [0.3, 0.4) is 0 Å². The third-order valence-corrected chi connectivity index (χ3v) is 19.5. The van der Waals surface area contributed by atoms with Gasteiger partial charge in [0.2, 0.25) is 76.8 Å². The van der Waals surface area contributed by atoms with E-state index in [0.717, 1.165) is 100 Å². The van der Waals surface area contributed by atoms with Crippen molar-refractivity contribution in [3.8, 4) is 0 Å². The Hall–Kier alpha value is -15.7. The molecule has 694 valence electrons. The number of carbonyl (C=O) groups is 13. The molecule has 0 radical (unpaired) electrons. The molecule has 53 nitrogen and oxygen atoms in total. The fraction of sp³-hybridized carbons (Fsp3) is 0.447. The molecule has 53 heteroatoms. The van der Waals surface area contributed by atoms with Gasteiger partial charge < -0.3 is 78.5 Å². The van der Waals surface area contributed by atoms with Gasteiger partial charge in [0.25, 0.3) is 33.4 Å². The molecule has 0 fully saturated rings. The van der Waals surface area contributed by atoms with Crippen LogP contribution in [0.1, 0.15) is 58.2 Å². The van der Waals surface area contributed by atoms with E-state index in [0.29, 0.717) is 12.8 Å². The number of primary amides is 1. The second-order valence-corrected chi connectivity index (χ2v) is 29.6. The zero-order chi connectivity index (χ0) is 95.2. The molecule has 0 bridgehead atoms. The van der Waals surface area contributed by atoms with Crippen molar-refractivity contribution in [3.05, 3.63) is 220 Å². The number of nitrogens with zero attached hydrogens (tertiary/aromatic N) is 13. The summed E-state index contributed by atoms with van der Waals surface area (Å²) in [7, 11) is 0. The highest BCUT2D eigenvalue weighted by molar-refractivity contribution is 5.96. The maximum absolute atomic E-state index is 14.6. The van der Waals surface area contributed by atoms with E-state index in [-0.39, 0.29) is 70.7 Å². The Bertz CT molecular complexity index is 6180. The summed E-state index contributed by atoms with van der Waals surface area (Å²) in [5.74, 6) is -12.0. The largest absolute Gasteiger partial charge is 0.368 e. The van der Waals surface area contributed by atoms with E-state index in [4.69, 9.17) is 17.2 Å². The van der Waals surface area contributed by atoms with Crippen LogP contribution in [0.2, 0.25) is 0 Å².